The summed E-state index contributed by atoms with van der Waals surface area (Å²) in [6.07, 6.45) is 0.967. The van der Waals surface area contributed by atoms with Gasteiger partial charge in [-0.15, -0.1) is 10.5 Å². The molecule has 9 nitrogen and oxygen atoms in total. The van der Waals surface area contributed by atoms with Crippen LogP contribution in [0.15, 0.2) is 0 Å². The van der Waals surface area contributed by atoms with E-state index in [1.807, 2.05) is 0 Å². The van der Waals surface area contributed by atoms with Crippen LogP contribution in [-0.2, 0) is 24.1 Å². The minimum Gasteiger partial charge on any atom is -0.480 e. The molecule has 2 atom stereocenters. The molecule has 1 heterocycles. The highest BCUT2D eigenvalue weighted by Crippen LogP contribution is 2.07. The van der Waals surface area contributed by atoms with Gasteiger partial charge in [-0.05, 0) is 26.2 Å². The number of nitrogens with one attached hydrogen (secondary N) is 1. The van der Waals surface area contributed by atoms with Gasteiger partial charge in [0.05, 0.1) is 0 Å². The van der Waals surface area contributed by atoms with E-state index in [1.54, 1.807) is 6.92 Å². The lowest BCUT2D eigenvalue weighted by Gasteiger charge is -2.23. The fourth-order valence-corrected chi connectivity index (χ4v) is 1.46. The number of unbranched alkanes of at least 4 members (excludes halogenated alkanes) is 1. The van der Waals surface area contributed by atoms with Crippen molar-refractivity contribution in [1.82, 2.24) is 10.5 Å². The fourth-order valence-electron chi connectivity index (χ4n) is 1.46. The van der Waals surface area contributed by atoms with Gasteiger partial charge in [0, 0.05) is 6.54 Å². The van der Waals surface area contributed by atoms with Gasteiger partial charge in [-0.2, -0.15) is 0 Å². The second-order valence-corrected chi connectivity index (χ2v) is 4.14. The average Bonchev–Trinajstić information content (AvgIpc) is 2.48. The van der Waals surface area contributed by atoms with E-state index in [1.165, 1.54) is 5.06 Å². The molecule has 0 aliphatic carbocycles. The highest BCUT2D eigenvalue weighted by Gasteiger charge is 2.30. The number of carboxylic acid groups (broad SMARTS) is 1. The first-order valence-corrected chi connectivity index (χ1v) is 5.85. The third-order valence-corrected chi connectivity index (χ3v) is 2.58. The lowest BCUT2D eigenvalue weighted by atomic mass is 10.1. The van der Waals surface area contributed by atoms with E-state index in [0.29, 0.717) is 25.8 Å². The zero-order valence-corrected chi connectivity index (χ0v) is 10.5. The maximum atomic E-state index is 11.1. The van der Waals surface area contributed by atoms with Gasteiger partial charge in [0.15, 0.2) is 0 Å². The molecule has 0 radical (unpaired) electrons. The van der Waals surface area contributed by atoms with Crippen LogP contribution in [0, 0.1) is 0 Å². The topological polar surface area (TPSA) is 131 Å². The molecule has 0 bridgehead atoms. The van der Waals surface area contributed by atoms with Gasteiger partial charge in [-0.25, -0.2) is 9.59 Å². The van der Waals surface area contributed by atoms with Gasteiger partial charge in [0.25, 0.3) is 0 Å². The van der Waals surface area contributed by atoms with Gasteiger partial charge in [0.2, 0.25) is 0 Å². The smallest absolute Gasteiger partial charge is 0.438 e. The van der Waals surface area contributed by atoms with E-state index in [9.17, 15) is 14.4 Å². The first-order valence-electron chi connectivity index (χ1n) is 5.85. The van der Waals surface area contributed by atoms with E-state index in [0.717, 1.165) is 0 Å². The van der Waals surface area contributed by atoms with Gasteiger partial charge in [-0.3, -0.25) is 4.79 Å². The number of carboxylic acids is 1. The Labute approximate surface area is 109 Å². The molecule has 1 aliphatic rings. The Morgan fingerprint density at radius 2 is 2.16 bits per heavy atom. The van der Waals surface area contributed by atoms with Crippen LogP contribution in [0.3, 0.4) is 0 Å². The molecule has 0 aromatic heterocycles. The molecule has 108 valence electrons. The highest BCUT2D eigenvalue weighted by atomic mass is 16.8. The van der Waals surface area contributed by atoms with Gasteiger partial charge in [-0.1, -0.05) is 0 Å². The van der Waals surface area contributed by atoms with Crippen LogP contribution < -0.4 is 11.2 Å². The third-order valence-electron chi connectivity index (χ3n) is 2.58. The first-order chi connectivity index (χ1) is 8.91. The minimum atomic E-state index is -1.11. The predicted molar refractivity (Wildman–Crippen MR) is 60.9 cm³/mol. The van der Waals surface area contributed by atoms with Crippen LogP contribution in [0.1, 0.15) is 26.2 Å². The normalized spacial score (nSPS) is 22.3. The quantitative estimate of drug-likeness (QED) is 0.401. The largest absolute Gasteiger partial charge is 0.480 e. The predicted octanol–water partition coefficient (Wildman–Crippen LogP) is -1.26. The number of hydrogen-bond acceptors (Lipinski definition) is 8. The Morgan fingerprint density at radius 3 is 2.79 bits per heavy atom. The number of nitrogens with zero attached hydrogens (tertiary/aromatic N) is 1. The van der Waals surface area contributed by atoms with E-state index < -0.39 is 30.1 Å². The molecule has 0 aromatic carbocycles. The zero-order valence-electron chi connectivity index (χ0n) is 10.5. The molecule has 0 amide bonds. The Bertz CT molecular complexity index is 361. The van der Waals surface area contributed by atoms with Crippen LogP contribution in [-0.4, -0.2) is 46.8 Å². The molecule has 9 heteroatoms. The molecule has 1 fully saturated rings. The Hall–Kier alpha value is -1.71. The molecule has 0 saturated carbocycles. The van der Waals surface area contributed by atoms with Gasteiger partial charge in [0.1, 0.15) is 12.2 Å². The maximum absolute atomic E-state index is 11.1. The number of rotatable bonds is 6. The van der Waals surface area contributed by atoms with Crippen LogP contribution >= 0.6 is 0 Å². The minimum absolute atomic E-state index is 0.328. The second kappa shape index (κ2) is 7.02. The van der Waals surface area contributed by atoms with Crippen molar-refractivity contribution in [3.63, 3.8) is 0 Å². The van der Waals surface area contributed by atoms with Crippen molar-refractivity contribution in [2.75, 3.05) is 6.54 Å². The number of hydroxylamine groups is 3. The van der Waals surface area contributed by atoms with Crippen LogP contribution in [0.5, 0.6) is 0 Å². The van der Waals surface area contributed by atoms with Crippen molar-refractivity contribution in [2.24, 2.45) is 5.73 Å². The summed E-state index contributed by atoms with van der Waals surface area (Å²) in [5, 5.41) is 9.87. The summed E-state index contributed by atoms with van der Waals surface area (Å²) in [5.74, 6) is -3.25. The molecule has 19 heavy (non-hydrogen) atoms. The lowest BCUT2D eigenvalue weighted by molar-refractivity contribution is -0.199. The van der Waals surface area contributed by atoms with E-state index in [-0.39, 0.29) is 0 Å². The summed E-state index contributed by atoms with van der Waals surface area (Å²) in [4.78, 5) is 41.8. The first kappa shape index (κ1) is 15.3. The van der Waals surface area contributed by atoms with E-state index >= 15 is 0 Å². The Kier molecular flexibility index (Phi) is 5.67. The monoisotopic (exact) mass is 275 g/mol. The van der Waals surface area contributed by atoms with Crippen molar-refractivity contribution in [3.05, 3.63) is 0 Å². The molecule has 0 spiro atoms. The van der Waals surface area contributed by atoms with Gasteiger partial charge >= 0.3 is 17.9 Å². The summed E-state index contributed by atoms with van der Waals surface area (Å²) in [5.41, 5.74) is 7.71. The van der Waals surface area contributed by atoms with Crippen molar-refractivity contribution < 1.29 is 29.2 Å². The SMILES string of the molecule is CC1NOC(=O)C(=O)ON1CCCCC(N)C(=O)O. The van der Waals surface area contributed by atoms with Crippen molar-refractivity contribution in [1.29, 1.82) is 0 Å². The molecular formula is C10H17N3O6. The molecular weight excluding hydrogens is 258 g/mol. The summed E-state index contributed by atoms with van der Waals surface area (Å²) >= 11 is 0. The Morgan fingerprint density at radius 1 is 1.47 bits per heavy atom. The van der Waals surface area contributed by atoms with Crippen molar-refractivity contribution in [2.45, 2.75) is 38.4 Å². The van der Waals surface area contributed by atoms with E-state index in [4.69, 9.17) is 15.7 Å². The summed E-state index contributed by atoms with van der Waals surface area (Å²) in [6.45, 7) is 1.98. The van der Waals surface area contributed by atoms with Crippen molar-refractivity contribution >= 4 is 17.9 Å². The number of carbonyl (C=O) groups is 3. The summed E-state index contributed by atoms with van der Waals surface area (Å²) in [6, 6.07) is -0.896. The standard InChI is InChI=1S/C10H17N3O6/c1-6-12-18-9(16)10(17)19-13(6)5-3-2-4-7(11)8(14)15/h6-7,12H,2-5,11H2,1H3,(H,14,15). The number of aliphatic carboxylic acids is 1. The molecule has 0 aromatic rings. The highest BCUT2D eigenvalue weighted by molar-refractivity contribution is 6.29. The zero-order chi connectivity index (χ0) is 14.4. The molecule has 1 aliphatic heterocycles. The summed E-state index contributed by atoms with van der Waals surface area (Å²) < 4.78 is 0. The average molecular weight is 275 g/mol. The maximum Gasteiger partial charge on any atom is 0.438 e. The molecule has 4 N–H and O–H groups in total. The third kappa shape index (κ3) is 4.81. The van der Waals surface area contributed by atoms with Crippen LogP contribution in [0.2, 0.25) is 0 Å². The summed E-state index contributed by atoms with van der Waals surface area (Å²) in [7, 11) is 0. The molecule has 1 saturated heterocycles. The van der Waals surface area contributed by atoms with Crippen LogP contribution in [0.4, 0.5) is 0 Å². The number of hydrogen-bond donors (Lipinski definition) is 3. The lowest BCUT2D eigenvalue weighted by Crippen LogP contribution is -2.41. The molecule has 1 rings (SSSR count). The molecule has 2 unspecified atom stereocenters. The van der Waals surface area contributed by atoms with Crippen molar-refractivity contribution in [3.8, 4) is 0 Å². The Balaban J connectivity index is 2.33. The van der Waals surface area contributed by atoms with E-state index in [2.05, 4.69) is 10.3 Å². The van der Waals surface area contributed by atoms with Gasteiger partial charge < -0.3 is 20.5 Å². The number of carbonyl (C=O) groups excluding carboxylic acids is 2. The van der Waals surface area contributed by atoms with Crippen LogP contribution in [0.25, 0.3) is 0 Å². The number of nitrogens with two attached hydrogens (primary N) is 1. The second-order valence-electron chi connectivity index (χ2n) is 4.14. The fraction of sp³-hybridized carbons (Fsp3) is 0.700.